The fourth-order valence-electron chi connectivity index (χ4n) is 3.05. The number of Topliss-reactive ketones (excluding diaryl/α,β-unsaturated/α-hetero) is 1. The third kappa shape index (κ3) is 7.97. The van der Waals surface area contributed by atoms with Gasteiger partial charge in [0.1, 0.15) is 5.60 Å². The zero-order chi connectivity index (χ0) is 18.3. The average Bonchev–Trinajstić information content (AvgIpc) is 2.37. The van der Waals surface area contributed by atoms with Gasteiger partial charge < -0.3 is 9.84 Å². The number of hydrogen-bond acceptors (Lipinski definition) is 4. The highest BCUT2D eigenvalue weighted by Gasteiger charge is 2.29. The topological polar surface area (TPSA) is 63.6 Å². The minimum atomic E-state index is -0.580. The summed E-state index contributed by atoms with van der Waals surface area (Å²) < 4.78 is 5.25. The van der Waals surface area contributed by atoms with E-state index in [2.05, 4.69) is 25.7 Å². The Morgan fingerprint density at radius 3 is 2.38 bits per heavy atom. The first-order valence-electron chi connectivity index (χ1n) is 8.98. The van der Waals surface area contributed by atoms with Gasteiger partial charge in [0.2, 0.25) is 5.78 Å². The number of aliphatic hydroxyl groups excluding tert-OH is 1. The maximum Gasteiger partial charge on any atom is 0.307 e. The average molecular weight is 336 g/mol. The van der Waals surface area contributed by atoms with E-state index in [0.29, 0.717) is 11.8 Å². The molecule has 1 unspecified atom stereocenters. The minimum Gasteiger partial charge on any atom is -0.460 e. The van der Waals surface area contributed by atoms with Crippen molar-refractivity contribution in [2.24, 2.45) is 23.7 Å². The Morgan fingerprint density at radius 2 is 1.88 bits per heavy atom. The van der Waals surface area contributed by atoms with Crippen molar-refractivity contribution in [2.75, 3.05) is 6.61 Å². The molecule has 1 N–H and O–H groups in total. The Balaban J connectivity index is 2.50. The molecule has 1 saturated carbocycles. The first-order chi connectivity index (χ1) is 11.1. The van der Waals surface area contributed by atoms with E-state index in [0.717, 1.165) is 18.8 Å². The van der Waals surface area contributed by atoms with E-state index in [1.807, 2.05) is 0 Å². The van der Waals surface area contributed by atoms with Crippen molar-refractivity contribution < 1.29 is 19.4 Å². The van der Waals surface area contributed by atoms with Crippen LogP contribution in [0.25, 0.3) is 0 Å². The highest BCUT2D eigenvalue weighted by molar-refractivity contribution is 5.99. The predicted octanol–water partition coefficient (Wildman–Crippen LogP) is 3.36. The molecule has 1 atom stereocenters. The van der Waals surface area contributed by atoms with Crippen LogP contribution in [0.3, 0.4) is 0 Å². The zero-order valence-electron chi connectivity index (χ0n) is 15.7. The summed E-state index contributed by atoms with van der Waals surface area (Å²) in [4.78, 5) is 24.1. The smallest absolute Gasteiger partial charge is 0.307 e. The number of rotatable bonds is 7. The SMILES string of the molecule is CC(C)CC1CC(C#CC(=O)C(CCO)CC(=O)OC(C)(C)C)C1. The molecule has 0 amide bonds. The van der Waals surface area contributed by atoms with Crippen LogP contribution >= 0.6 is 0 Å². The number of ketones is 1. The van der Waals surface area contributed by atoms with Crippen LogP contribution in [0.5, 0.6) is 0 Å². The van der Waals surface area contributed by atoms with Crippen molar-refractivity contribution >= 4 is 11.8 Å². The Bertz CT molecular complexity index is 484. The molecule has 4 nitrogen and oxygen atoms in total. The van der Waals surface area contributed by atoms with Crippen LogP contribution in [-0.4, -0.2) is 29.1 Å². The van der Waals surface area contributed by atoms with E-state index in [1.165, 1.54) is 6.42 Å². The van der Waals surface area contributed by atoms with Gasteiger partial charge in [0.25, 0.3) is 0 Å². The molecule has 0 heterocycles. The van der Waals surface area contributed by atoms with E-state index in [-0.39, 0.29) is 25.2 Å². The second-order valence-electron chi connectivity index (χ2n) is 8.30. The van der Waals surface area contributed by atoms with E-state index >= 15 is 0 Å². The maximum atomic E-state index is 12.2. The third-order valence-electron chi connectivity index (χ3n) is 4.12. The molecule has 1 fully saturated rings. The molecular formula is C20H32O4. The fraction of sp³-hybridized carbons (Fsp3) is 0.800. The second-order valence-corrected chi connectivity index (χ2v) is 8.30. The van der Waals surface area contributed by atoms with E-state index in [1.54, 1.807) is 20.8 Å². The van der Waals surface area contributed by atoms with Crippen molar-refractivity contribution in [3.8, 4) is 11.8 Å². The van der Waals surface area contributed by atoms with Crippen LogP contribution in [0.2, 0.25) is 0 Å². The van der Waals surface area contributed by atoms with Crippen molar-refractivity contribution in [2.45, 2.75) is 72.3 Å². The van der Waals surface area contributed by atoms with Gasteiger partial charge in [-0.2, -0.15) is 0 Å². The molecule has 0 bridgehead atoms. The molecule has 0 aromatic carbocycles. The Kier molecular flexibility index (Phi) is 7.96. The summed E-state index contributed by atoms with van der Waals surface area (Å²) in [6.07, 6.45) is 3.57. The molecule has 24 heavy (non-hydrogen) atoms. The molecular weight excluding hydrogens is 304 g/mol. The quantitative estimate of drug-likeness (QED) is 0.440. The van der Waals surface area contributed by atoms with Crippen molar-refractivity contribution in [1.29, 1.82) is 0 Å². The summed E-state index contributed by atoms with van der Waals surface area (Å²) in [5, 5.41) is 9.13. The van der Waals surface area contributed by atoms with Gasteiger partial charge in [-0.15, -0.1) is 0 Å². The van der Waals surface area contributed by atoms with E-state index < -0.39 is 17.5 Å². The fourth-order valence-corrected chi connectivity index (χ4v) is 3.05. The molecule has 136 valence electrons. The maximum absolute atomic E-state index is 12.2. The number of hydrogen-bond donors (Lipinski definition) is 1. The van der Waals surface area contributed by atoms with Gasteiger partial charge in [-0.3, -0.25) is 9.59 Å². The van der Waals surface area contributed by atoms with Crippen LogP contribution in [0.15, 0.2) is 0 Å². The summed E-state index contributed by atoms with van der Waals surface area (Å²) in [6, 6.07) is 0. The Hall–Kier alpha value is -1.34. The van der Waals surface area contributed by atoms with E-state index in [9.17, 15) is 9.59 Å². The Morgan fingerprint density at radius 1 is 1.25 bits per heavy atom. The summed E-state index contributed by atoms with van der Waals surface area (Å²) in [5.74, 6) is 6.22. The van der Waals surface area contributed by atoms with Crippen LogP contribution in [0.1, 0.15) is 66.7 Å². The molecule has 0 aliphatic heterocycles. The van der Waals surface area contributed by atoms with E-state index in [4.69, 9.17) is 9.84 Å². The van der Waals surface area contributed by atoms with Crippen molar-refractivity contribution in [3.63, 3.8) is 0 Å². The number of ether oxygens (including phenoxy) is 1. The lowest BCUT2D eigenvalue weighted by Crippen LogP contribution is -2.27. The second kappa shape index (κ2) is 9.22. The van der Waals surface area contributed by atoms with Gasteiger partial charge in [0.05, 0.1) is 6.42 Å². The summed E-state index contributed by atoms with van der Waals surface area (Å²) in [5.41, 5.74) is -0.576. The van der Waals surface area contributed by atoms with Crippen molar-refractivity contribution in [1.82, 2.24) is 0 Å². The first-order valence-corrected chi connectivity index (χ1v) is 8.98. The molecule has 1 aliphatic carbocycles. The van der Waals surface area contributed by atoms with Gasteiger partial charge in [-0.1, -0.05) is 19.8 Å². The molecule has 0 saturated heterocycles. The number of carbonyl (C=O) groups is 2. The van der Waals surface area contributed by atoms with Gasteiger partial charge in [0, 0.05) is 18.4 Å². The molecule has 0 spiro atoms. The van der Waals surface area contributed by atoms with Gasteiger partial charge in [-0.25, -0.2) is 0 Å². The highest BCUT2D eigenvalue weighted by atomic mass is 16.6. The number of carbonyl (C=O) groups excluding carboxylic acids is 2. The van der Waals surface area contributed by atoms with Crippen LogP contribution in [-0.2, 0) is 14.3 Å². The predicted molar refractivity (Wildman–Crippen MR) is 94.1 cm³/mol. The van der Waals surface area contributed by atoms with Gasteiger partial charge >= 0.3 is 5.97 Å². The molecule has 4 heteroatoms. The number of esters is 1. The third-order valence-corrected chi connectivity index (χ3v) is 4.12. The zero-order valence-corrected chi connectivity index (χ0v) is 15.7. The van der Waals surface area contributed by atoms with Crippen LogP contribution in [0, 0.1) is 35.5 Å². The summed E-state index contributed by atoms with van der Waals surface area (Å²) in [6.45, 7) is 9.67. The lowest BCUT2D eigenvalue weighted by Gasteiger charge is -2.33. The van der Waals surface area contributed by atoms with Crippen LogP contribution < -0.4 is 0 Å². The monoisotopic (exact) mass is 336 g/mol. The van der Waals surface area contributed by atoms with Gasteiger partial charge in [0.15, 0.2) is 0 Å². The minimum absolute atomic E-state index is 0.0218. The molecule has 0 aromatic heterocycles. The molecule has 1 aliphatic rings. The lowest BCUT2D eigenvalue weighted by atomic mass is 9.72. The molecule has 1 rings (SSSR count). The first kappa shape index (κ1) is 20.7. The Labute approximate surface area is 146 Å². The number of aliphatic hydroxyl groups is 1. The van der Waals surface area contributed by atoms with Crippen molar-refractivity contribution in [3.05, 3.63) is 0 Å². The summed E-state index contributed by atoms with van der Waals surface area (Å²) >= 11 is 0. The standard InChI is InChI=1S/C20H32O4/c1-14(2)10-16-11-15(12-16)6-7-18(22)17(8-9-21)13-19(23)24-20(3,4)5/h14-17,21H,8-13H2,1-5H3. The normalized spacial score (nSPS) is 21.5. The van der Waals surface area contributed by atoms with Gasteiger partial charge in [-0.05, 0) is 64.2 Å². The van der Waals surface area contributed by atoms with Crippen LogP contribution in [0.4, 0.5) is 0 Å². The largest absolute Gasteiger partial charge is 0.460 e. The lowest BCUT2D eigenvalue weighted by molar-refractivity contribution is -0.157. The molecule has 0 radical (unpaired) electrons. The summed E-state index contributed by atoms with van der Waals surface area (Å²) in [7, 11) is 0. The highest BCUT2D eigenvalue weighted by Crippen LogP contribution is 2.37. The molecule has 0 aromatic rings.